The molecule has 2 aromatic rings. The van der Waals surface area contributed by atoms with Crippen LogP contribution in [0.1, 0.15) is 90.2 Å². The number of benzene rings is 2. The molecule has 0 amide bonds. The van der Waals surface area contributed by atoms with E-state index in [2.05, 4.69) is 6.92 Å². The maximum absolute atomic E-state index is 13.4. The Morgan fingerprint density at radius 1 is 0.942 bits per heavy atom. The number of allylic oxidation sites excluding steroid dienone is 1. The fraction of sp³-hybridized carbons (Fsp3) is 0.548. The van der Waals surface area contributed by atoms with Gasteiger partial charge in [-0.3, -0.25) is 9.59 Å². The summed E-state index contributed by atoms with van der Waals surface area (Å²) in [4.78, 5) is 37.8. The smallest absolute Gasteiger partial charge is 0.330 e. The lowest BCUT2D eigenvalue weighted by atomic mass is 9.74. The fourth-order valence-corrected chi connectivity index (χ4v) is 6.45. The second-order valence-corrected chi connectivity index (χ2v) is 13.7. The quantitative estimate of drug-likeness (QED) is 0.0515. The molecule has 2 aromatic carbocycles. The van der Waals surface area contributed by atoms with Gasteiger partial charge in [0.1, 0.15) is 12.0 Å². The van der Waals surface area contributed by atoms with Crippen LogP contribution >= 0.6 is 0 Å². The van der Waals surface area contributed by atoms with Crippen LogP contribution in [0, 0.1) is 5.41 Å². The zero-order valence-corrected chi connectivity index (χ0v) is 32.0. The van der Waals surface area contributed by atoms with E-state index in [4.69, 9.17) is 33.2 Å². The summed E-state index contributed by atoms with van der Waals surface area (Å²) in [6.45, 7) is 8.45. The summed E-state index contributed by atoms with van der Waals surface area (Å²) in [5.74, 6) is -1.93. The van der Waals surface area contributed by atoms with E-state index in [1.807, 2.05) is 75.4 Å². The molecule has 1 heterocycles. The summed E-state index contributed by atoms with van der Waals surface area (Å²) in [5.41, 5.74) is 1.42. The van der Waals surface area contributed by atoms with Crippen molar-refractivity contribution in [2.24, 2.45) is 5.41 Å². The molecule has 0 N–H and O–H groups in total. The number of hydrogen-bond acceptors (Lipinski definition) is 10. The third kappa shape index (κ3) is 12.4. The maximum Gasteiger partial charge on any atom is 0.330 e. The van der Waals surface area contributed by atoms with E-state index >= 15 is 0 Å². The Morgan fingerprint density at radius 3 is 2.25 bits per heavy atom. The van der Waals surface area contributed by atoms with E-state index in [1.165, 1.54) is 26.4 Å². The van der Waals surface area contributed by atoms with Gasteiger partial charge in [-0.25, -0.2) is 4.79 Å². The number of unbranched alkanes of at least 4 members (excludes halogenated alkanes) is 4. The van der Waals surface area contributed by atoms with Crippen molar-refractivity contribution >= 4 is 18.2 Å². The Morgan fingerprint density at radius 2 is 1.62 bits per heavy atom. The van der Waals surface area contributed by atoms with Gasteiger partial charge in [0.25, 0.3) is 0 Å². The molecule has 0 saturated carbocycles. The largest absolute Gasteiger partial charge is 0.497 e. The molecule has 10 heteroatoms. The number of aldehydes is 1. The van der Waals surface area contributed by atoms with Crippen molar-refractivity contribution in [1.82, 2.24) is 0 Å². The first-order valence-electron chi connectivity index (χ1n) is 18.3. The Labute approximate surface area is 309 Å². The van der Waals surface area contributed by atoms with Crippen LogP contribution in [0.25, 0.3) is 0 Å². The number of rotatable bonds is 22. The molecule has 1 aliphatic heterocycles. The minimum absolute atomic E-state index is 0.205. The van der Waals surface area contributed by atoms with Gasteiger partial charge in [0.2, 0.25) is 5.79 Å². The molecular weight excluding hydrogens is 664 g/mol. The molecule has 5 atom stereocenters. The number of hydrogen-bond donors (Lipinski definition) is 0. The van der Waals surface area contributed by atoms with Gasteiger partial charge in [-0.1, -0.05) is 95.0 Å². The Kier molecular flexibility index (Phi) is 17.7. The first-order chi connectivity index (χ1) is 25.0. The average molecular weight is 723 g/mol. The molecule has 0 spiro atoms. The van der Waals surface area contributed by atoms with Crippen LogP contribution in [0.5, 0.6) is 5.75 Å². The first kappa shape index (κ1) is 42.6. The number of ether oxygens (including phenoxy) is 7. The van der Waals surface area contributed by atoms with E-state index in [1.54, 1.807) is 13.2 Å². The lowest BCUT2D eigenvalue weighted by Gasteiger charge is -2.53. The van der Waals surface area contributed by atoms with Crippen LogP contribution in [0.3, 0.4) is 0 Å². The Hall–Kier alpha value is -3.83. The van der Waals surface area contributed by atoms with Gasteiger partial charge in [-0.15, -0.1) is 0 Å². The highest BCUT2D eigenvalue weighted by atomic mass is 16.7. The lowest BCUT2D eigenvalue weighted by Crippen LogP contribution is -2.63. The standard InChI is InChI=1S/C42H58O10/c1-8-9-10-11-15-19-38(44)51-40-34(27-39(45)47-6)26-36(52-42(40,48-7)41(3,4)24-16-25-43)28-37(31(2)49-29-32-17-13-12-14-18-32)50-30-33-20-22-35(46-5)23-21-33/h12-14,16-18,20-25,27,31,36-37,40H,8-11,15,19,26,28-30H2,1-7H3/b24-16+,34-27+/t31-,36-,37?,40-,42+/m0/s1. The number of methoxy groups -OCH3 is 3. The summed E-state index contributed by atoms with van der Waals surface area (Å²) in [5, 5.41) is 0. The fourth-order valence-electron chi connectivity index (χ4n) is 6.45. The topological polar surface area (TPSA) is 116 Å². The number of carbonyl (C=O) groups excluding carboxylic acids is 3. The van der Waals surface area contributed by atoms with Crippen LogP contribution in [-0.4, -0.2) is 69.8 Å². The molecule has 0 bridgehead atoms. The second kappa shape index (κ2) is 21.6. The molecule has 1 aliphatic rings. The minimum Gasteiger partial charge on any atom is -0.497 e. The van der Waals surface area contributed by atoms with Crippen molar-refractivity contribution in [3.05, 3.63) is 89.5 Å². The van der Waals surface area contributed by atoms with Crippen molar-refractivity contribution in [3.8, 4) is 5.75 Å². The van der Waals surface area contributed by atoms with E-state index in [-0.39, 0.29) is 18.9 Å². The summed E-state index contributed by atoms with van der Waals surface area (Å²) < 4.78 is 42.6. The van der Waals surface area contributed by atoms with Gasteiger partial charge in [0.05, 0.1) is 45.7 Å². The van der Waals surface area contributed by atoms with Crippen molar-refractivity contribution < 1.29 is 47.5 Å². The summed E-state index contributed by atoms with van der Waals surface area (Å²) in [6.07, 6.45) is 8.06. The molecule has 286 valence electrons. The van der Waals surface area contributed by atoms with Crippen molar-refractivity contribution in [1.29, 1.82) is 0 Å². The van der Waals surface area contributed by atoms with Gasteiger partial charge in [0, 0.05) is 31.4 Å². The van der Waals surface area contributed by atoms with Crippen LogP contribution in [0.15, 0.2) is 78.4 Å². The molecule has 1 saturated heterocycles. The second-order valence-electron chi connectivity index (χ2n) is 13.7. The molecule has 0 radical (unpaired) electrons. The van der Waals surface area contributed by atoms with Crippen LogP contribution in [-0.2, 0) is 56.0 Å². The lowest BCUT2D eigenvalue weighted by molar-refractivity contribution is -0.339. The Bertz CT molecular complexity index is 1430. The zero-order chi connectivity index (χ0) is 38.0. The molecule has 52 heavy (non-hydrogen) atoms. The van der Waals surface area contributed by atoms with E-state index in [9.17, 15) is 14.4 Å². The zero-order valence-electron chi connectivity index (χ0n) is 32.0. The highest BCUT2D eigenvalue weighted by Crippen LogP contribution is 2.49. The predicted molar refractivity (Wildman–Crippen MR) is 198 cm³/mol. The van der Waals surface area contributed by atoms with Crippen LogP contribution in [0.2, 0.25) is 0 Å². The minimum atomic E-state index is -1.64. The van der Waals surface area contributed by atoms with Gasteiger partial charge in [-0.2, -0.15) is 0 Å². The van der Waals surface area contributed by atoms with Gasteiger partial charge >= 0.3 is 11.9 Å². The predicted octanol–water partition coefficient (Wildman–Crippen LogP) is 7.86. The normalized spacial score (nSPS) is 21.1. The molecule has 0 aromatic heterocycles. The van der Waals surface area contributed by atoms with E-state index in [0.717, 1.165) is 42.6 Å². The molecule has 1 fully saturated rings. The summed E-state index contributed by atoms with van der Waals surface area (Å²) >= 11 is 0. The third-order valence-electron chi connectivity index (χ3n) is 9.52. The number of carbonyl (C=O) groups is 3. The Balaban J connectivity index is 1.99. The molecule has 3 rings (SSSR count). The molecule has 0 aliphatic carbocycles. The van der Waals surface area contributed by atoms with Gasteiger partial charge in [-0.05, 0) is 54.7 Å². The summed E-state index contributed by atoms with van der Waals surface area (Å²) in [6, 6.07) is 17.5. The molecule has 1 unspecified atom stereocenters. The van der Waals surface area contributed by atoms with Crippen molar-refractivity contribution in [2.75, 3.05) is 21.3 Å². The monoisotopic (exact) mass is 722 g/mol. The SMILES string of the molecule is CCCCCCCC(=O)O[C@H]1/C(=C/C(=O)OC)C[C@@H](CC(OCc2ccc(OC)cc2)[C@H](C)OCc2ccccc2)O[C@@]1(OC)C(C)(C)/C=C/C=O. The number of esters is 2. The maximum atomic E-state index is 13.4. The molecule has 10 nitrogen and oxygen atoms in total. The van der Waals surface area contributed by atoms with Crippen LogP contribution in [0.4, 0.5) is 0 Å². The van der Waals surface area contributed by atoms with E-state index < -0.39 is 41.5 Å². The van der Waals surface area contributed by atoms with Crippen LogP contribution < -0.4 is 4.74 Å². The van der Waals surface area contributed by atoms with Crippen molar-refractivity contribution in [2.45, 2.75) is 122 Å². The average Bonchev–Trinajstić information content (AvgIpc) is 3.15. The highest BCUT2D eigenvalue weighted by Gasteiger charge is 2.59. The summed E-state index contributed by atoms with van der Waals surface area (Å²) in [7, 11) is 4.39. The van der Waals surface area contributed by atoms with Crippen molar-refractivity contribution in [3.63, 3.8) is 0 Å². The van der Waals surface area contributed by atoms with Gasteiger partial charge < -0.3 is 33.2 Å². The van der Waals surface area contributed by atoms with Gasteiger partial charge in [0.15, 0.2) is 6.10 Å². The first-order valence-corrected chi connectivity index (χ1v) is 18.3. The highest BCUT2D eigenvalue weighted by molar-refractivity contribution is 5.83. The molecular formula is C42H58O10. The third-order valence-corrected chi connectivity index (χ3v) is 9.52. The van der Waals surface area contributed by atoms with E-state index in [0.29, 0.717) is 37.9 Å².